The monoisotopic (exact) mass is 594 g/mol. The normalized spacial score (nSPS) is 17.5. The van der Waals surface area contributed by atoms with Gasteiger partial charge < -0.3 is 20.6 Å². The van der Waals surface area contributed by atoms with Crippen LogP contribution in [0.3, 0.4) is 0 Å². The van der Waals surface area contributed by atoms with E-state index in [1.54, 1.807) is 0 Å². The zero-order valence-electron chi connectivity index (χ0n) is 20.1. The second-order valence-electron chi connectivity index (χ2n) is 8.42. The van der Waals surface area contributed by atoms with E-state index in [1.807, 2.05) is 0 Å². The van der Waals surface area contributed by atoms with Gasteiger partial charge >= 0.3 is 45.8 Å². The molecule has 1 saturated heterocycles. The van der Waals surface area contributed by atoms with Crippen LogP contribution in [0.25, 0.3) is 0 Å². The number of nitrogens with two attached hydrogens (primary N) is 1. The van der Waals surface area contributed by atoms with Gasteiger partial charge in [-0.2, -0.15) is 8.42 Å². The number of nitro benzene ring substituents is 1. The number of benzene rings is 1. The van der Waals surface area contributed by atoms with Gasteiger partial charge in [-0.1, -0.05) is 5.16 Å². The van der Waals surface area contributed by atoms with Gasteiger partial charge in [0.05, 0.1) is 11.0 Å². The Morgan fingerprint density at radius 2 is 1.95 bits per heavy atom. The van der Waals surface area contributed by atoms with Crippen LogP contribution in [-0.4, -0.2) is 97.9 Å². The summed E-state index contributed by atoms with van der Waals surface area (Å²) < 4.78 is 37.1. The zero-order valence-corrected chi connectivity index (χ0v) is 21.7. The first-order valence-electron chi connectivity index (χ1n) is 10.6. The van der Waals surface area contributed by atoms with E-state index < -0.39 is 56.4 Å². The summed E-state index contributed by atoms with van der Waals surface area (Å²) in [4.78, 5) is 57.1. The number of anilines is 1. The molecule has 16 nitrogen and oxygen atoms in total. The Morgan fingerprint density at radius 3 is 2.44 bits per heavy atom. The maximum absolute atomic E-state index is 12.9. The molecule has 1 aromatic heterocycles. The molecule has 2 atom stereocenters. The third kappa shape index (κ3) is 7.49. The van der Waals surface area contributed by atoms with Crippen molar-refractivity contribution in [1.29, 1.82) is 0 Å². The zero-order chi connectivity index (χ0) is 28.4. The Hall–Kier alpha value is -3.16. The number of hydrogen-bond donors (Lipinski definition) is 3. The average molecular weight is 595 g/mol. The fourth-order valence-electron chi connectivity index (χ4n) is 3.15. The first-order chi connectivity index (χ1) is 17.6. The Labute approximate surface area is 247 Å². The number of oxime groups is 1. The molecule has 2 heterocycles. The van der Waals surface area contributed by atoms with Gasteiger partial charge in [-0.15, -0.1) is 11.3 Å². The molecular weight excluding hydrogens is 571 g/mol. The Kier molecular flexibility index (Phi) is 10.1. The van der Waals surface area contributed by atoms with Crippen molar-refractivity contribution in [3.8, 4) is 0 Å². The van der Waals surface area contributed by atoms with Gasteiger partial charge in [0.15, 0.2) is 10.8 Å². The van der Waals surface area contributed by atoms with E-state index in [9.17, 15) is 32.9 Å². The third-order valence-corrected chi connectivity index (χ3v) is 6.91. The van der Waals surface area contributed by atoms with Gasteiger partial charge in [0.2, 0.25) is 5.60 Å². The summed E-state index contributed by atoms with van der Waals surface area (Å²) in [6.45, 7) is 3.68. The van der Waals surface area contributed by atoms with Crippen molar-refractivity contribution < 1.29 is 41.9 Å². The Morgan fingerprint density at radius 1 is 1.33 bits per heavy atom. The minimum absolute atomic E-state index is 0. The Balaban J connectivity index is 0.00000533. The number of nitro groups is 1. The number of carbonyl (C=O) groups is 3. The average Bonchev–Trinajstić information content (AvgIpc) is 3.26. The van der Waals surface area contributed by atoms with Crippen LogP contribution in [-0.2, 0) is 40.9 Å². The van der Waals surface area contributed by atoms with Crippen molar-refractivity contribution in [2.75, 3.05) is 5.73 Å². The number of thiazole rings is 1. The second kappa shape index (κ2) is 12.3. The van der Waals surface area contributed by atoms with E-state index in [0.717, 1.165) is 11.3 Å². The number of ether oxygens (including phenoxy) is 1. The third-order valence-electron chi connectivity index (χ3n) is 5.22. The molecular formula is C20H23N6NaO10S2. The van der Waals surface area contributed by atoms with Gasteiger partial charge in [0.1, 0.15) is 18.3 Å². The molecule has 39 heavy (non-hydrogen) atoms. The number of esters is 1. The number of nitrogen functional groups attached to an aromatic ring is 1. The van der Waals surface area contributed by atoms with Crippen LogP contribution in [0.15, 0.2) is 34.8 Å². The number of carbonyl (C=O) groups excluding carboxylic acids is 3. The number of amides is 2. The van der Waals surface area contributed by atoms with Gasteiger partial charge in [0.25, 0.3) is 17.5 Å². The minimum atomic E-state index is -4.80. The molecule has 4 N–H and O–H groups in total. The summed E-state index contributed by atoms with van der Waals surface area (Å²) in [5.41, 5.74) is 3.72. The van der Waals surface area contributed by atoms with Crippen LogP contribution in [0.4, 0.5) is 10.8 Å². The molecule has 0 saturated carbocycles. The van der Waals surface area contributed by atoms with Gasteiger partial charge in [-0.3, -0.25) is 24.3 Å². The predicted octanol–water partition coefficient (Wildman–Crippen LogP) is -0.254. The van der Waals surface area contributed by atoms with Crippen LogP contribution in [0.5, 0.6) is 0 Å². The molecule has 1 fully saturated rings. The molecule has 0 aliphatic carbocycles. The number of rotatable bonds is 10. The van der Waals surface area contributed by atoms with E-state index in [2.05, 4.69) is 15.5 Å². The molecule has 206 valence electrons. The van der Waals surface area contributed by atoms with Crippen LogP contribution >= 0.6 is 11.3 Å². The summed E-state index contributed by atoms with van der Waals surface area (Å²) in [6, 6.07) is 2.95. The standard InChI is InChI=1S/C20H22N6O10S2.Na.H/c1-10-14(17(28)25(10)38(32,33)34)23-16(27)15(13-9-37-19(21)22-13)24-36-20(2,3)18(29)35-8-11-4-6-12(7-5-11)26(30)31;;/h4-7,9-10,14H,8H2,1-3H3,(H2,21,22)(H,23,27)(H,32,33,34);;/b24-15-;;/t10-,14+;;/m1../s1. The molecule has 3 rings (SSSR count). The molecule has 0 radical (unpaired) electrons. The quantitative estimate of drug-likeness (QED) is 0.0614. The van der Waals surface area contributed by atoms with Crippen molar-refractivity contribution in [2.45, 2.75) is 45.1 Å². The number of nitrogens with zero attached hydrogens (tertiary/aromatic N) is 4. The van der Waals surface area contributed by atoms with Crippen LogP contribution in [0.1, 0.15) is 32.0 Å². The summed E-state index contributed by atoms with van der Waals surface area (Å²) in [5, 5.41) is 18.2. The number of aromatic nitrogens is 1. The molecule has 19 heteroatoms. The van der Waals surface area contributed by atoms with E-state index in [1.165, 1.54) is 50.4 Å². The first kappa shape index (κ1) is 32.1. The van der Waals surface area contributed by atoms with Gasteiger partial charge in [-0.05, 0) is 38.5 Å². The molecule has 0 bridgehead atoms. The summed E-state index contributed by atoms with van der Waals surface area (Å²) in [7, 11) is -4.80. The molecule has 0 spiro atoms. The van der Waals surface area contributed by atoms with Crippen molar-refractivity contribution in [1.82, 2.24) is 14.6 Å². The molecule has 1 aromatic carbocycles. The topological polar surface area (TPSA) is 234 Å². The van der Waals surface area contributed by atoms with E-state index in [4.69, 9.17) is 19.9 Å². The van der Waals surface area contributed by atoms with Gasteiger partial charge in [-0.25, -0.2) is 14.1 Å². The molecule has 1 aliphatic heterocycles. The summed E-state index contributed by atoms with van der Waals surface area (Å²) >= 11 is 0.971. The molecule has 1 aliphatic rings. The number of nitrogens with one attached hydrogen (secondary N) is 1. The second-order valence-corrected chi connectivity index (χ2v) is 10.6. The maximum atomic E-state index is 12.9. The van der Waals surface area contributed by atoms with E-state index >= 15 is 0 Å². The molecule has 0 unspecified atom stereocenters. The van der Waals surface area contributed by atoms with Crippen LogP contribution in [0.2, 0.25) is 0 Å². The number of β-lactam (4-membered cyclic amide) rings is 1. The van der Waals surface area contributed by atoms with Crippen molar-refractivity contribution in [3.05, 3.63) is 51.0 Å². The number of non-ortho nitro benzene ring substituents is 1. The van der Waals surface area contributed by atoms with Crippen molar-refractivity contribution in [2.24, 2.45) is 5.16 Å². The van der Waals surface area contributed by atoms with Crippen LogP contribution < -0.4 is 11.1 Å². The van der Waals surface area contributed by atoms with Crippen molar-refractivity contribution in [3.63, 3.8) is 0 Å². The van der Waals surface area contributed by atoms with Crippen molar-refractivity contribution >= 4 is 85.5 Å². The van der Waals surface area contributed by atoms with E-state index in [-0.39, 0.29) is 57.0 Å². The van der Waals surface area contributed by atoms with Gasteiger partial charge in [0, 0.05) is 17.5 Å². The Bertz CT molecular complexity index is 1410. The SMILES string of the molecule is C[C@@H]1[C@H](NC(=O)/C(=N\OC(C)(C)C(=O)OCc2ccc([N+](=O)[O-])cc2)c2csc(N)n2)C(=O)N1S(=O)(=O)O.[NaH]. The van der Waals surface area contributed by atoms with E-state index in [0.29, 0.717) is 5.56 Å². The summed E-state index contributed by atoms with van der Waals surface area (Å²) in [6.07, 6.45) is 0. The van der Waals surface area contributed by atoms with Crippen LogP contribution in [0, 0.1) is 10.1 Å². The first-order valence-corrected chi connectivity index (χ1v) is 12.9. The predicted molar refractivity (Wildman–Crippen MR) is 138 cm³/mol. The fourth-order valence-corrected chi connectivity index (χ4v) is 4.58. The number of hydrogen-bond acceptors (Lipinski definition) is 13. The molecule has 2 amide bonds. The molecule has 2 aromatic rings. The fraction of sp³-hybridized carbons (Fsp3) is 0.350. The summed E-state index contributed by atoms with van der Waals surface area (Å²) in [5.74, 6) is -2.95.